The first-order valence-electron chi connectivity index (χ1n) is 27.6. The Hall–Kier alpha value is -3.72. The summed E-state index contributed by atoms with van der Waals surface area (Å²) in [6.45, 7) is 48.2. The minimum Gasteiger partial charge on any atom is -0.507 e. The molecule has 4 rings (SSSR count). The molecule has 4 aromatic carbocycles. The molecule has 0 heterocycles. The van der Waals surface area contributed by atoms with Gasteiger partial charge in [-0.2, -0.15) is 0 Å². The highest BCUT2D eigenvalue weighted by atomic mass is 16.3. The van der Waals surface area contributed by atoms with Gasteiger partial charge in [-0.3, -0.25) is 0 Å². The van der Waals surface area contributed by atoms with E-state index in [-0.39, 0.29) is 32.5 Å². The maximum Gasteiger partial charge on any atom is 0.123 e. The van der Waals surface area contributed by atoms with Gasteiger partial charge in [-0.05, 0) is 161 Å². The molecule has 0 saturated carbocycles. The fraction of sp³-hybridized carbons (Fsp3) is 0.636. The van der Waals surface area contributed by atoms with E-state index in [1.807, 2.05) is 0 Å². The number of phenols is 3. The quantitative estimate of drug-likeness (QED) is 0.0656. The van der Waals surface area contributed by atoms with Crippen molar-refractivity contribution in [2.45, 2.75) is 274 Å². The Labute approximate surface area is 424 Å². The van der Waals surface area contributed by atoms with Gasteiger partial charge in [0.15, 0.2) is 0 Å². The SMILES string of the molecule is CCCC(C)(C)c1cc(Cc2c(C)c(Cc3cc(C(C)(C)CCC)c(O)c(C(C)(C)CCC)c3)c(C)c(Cc3cc(C(C)(C)CCC)c(O)c(C(C)(C)CCC)c3)c2C)cc(C(C)(C)CCC)c1O. The molecule has 0 aliphatic rings. The largest absolute Gasteiger partial charge is 0.507 e. The Morgan fingerprint density at radius 1 is 0.290 bits per heavy atom. The minimum absolute atomic E-state index is 0.184. The second-order valence-electron chi connectivity index (χ2n) is 25.8. The fourth-order valence-electron chi connectivity index (χ4n) is 12.8. The van der Waals surface area contributed by atoms with Crippen LogP contribution in [-0.2, 0) is 51.8 Å². The van der Waals surface area contributed by atoms with E-state index in [0.29, 0.717) is 17.2 Å². The summed E-state index contributed by atoms with van der Waals surface area (Å²) < 4.78 is 0. The van der Waals surface area contributed by atoms with E-state index < -0.39 is 0 Å². The van der Waals surface area contributed by atoms with Gasteiger partial charge in [-0.25, -0.2) is 0 Å². The molecule has 4 aromatic rings. The lowest BCUT2D eigenvalue weighted by Gasteiger charge is -2.33. The average Bonchev–Trinajstić information content (AvgIpc) is 3.23. The number of rotatable bonds is 24. The van der Waals surface area contributed by atoms with Crippen molar-refractivity contribution in [3.63, 3.8) is 0 Å². The summed E-state index contributed by atoms with van der Waals surface area (Å²) in [5.74, 6) is 1.42. The molecule has 0 atom stereocenters. The third kappa shape index (κ3) is 12.7. The highest BCUT2D eigenvalue weighted by Gasteiger charge is 2.35. The Morgan fingerprint density at radius 2 is 0.435 bits per heavy atom. The van der Waals surface area contributed by atoms with Crippen LogP contribution in [0, 0.1) is 20.8 Å². The van der Waals surface area contributed by atoms with Crippen molar-refractivity contribution in [3.8, 4) is 17.2 Å². The van der Waals surface area contributed by atoms with Gasteiger partial charge in [0.05, 0.1) is 0 Å². The smallest absolute Gasteiger partial charge is 0.123 e. The van der Waals surface area contributed by atoms with Gasteiger partial charge < -0.3 is 15.3 Å². The topological polar surface area (TPSA) is 60.7 Å². The molecule has 0 bridgehead atoms. The first-order valence-corrected chi connectivity index (χ1v) is 27.6. The van der Waals surface area contributed by atoms with Crippen LogP contribution in [-0.4, -0.2) is 15.3 Å². The zero-order valence-electron chi connectivity index (χ0n) is 48.4. The van der Waals surface area contributed by atoms with Gasteiger partial charge in [0.1, 0.15) is 17.2 Å². The third-order valence-corrected chi connectivity index (χ3v) is 17.0. The van der Waals surface area contributed by atoms with Crippen LogP contribution in [0.25, 0.3) is 0 Å². The van der Waals surface area contributed by atoms with Crippen molar-refractivity contribution in [3.05, 3.63) is 120 Å². The molecule has 0 spiro atoms. The number of aromatic hydroxyl groups is 3. The monoisotopic (exact) mass is 943 g/mol. The molecule has 0 aliphatic heterocycles. The summed E-state index contributed by atoms with van der Waals surface area (Å²) in [5, 5.41) is 36.7. The van der Waals surface area contributed by atoms with Crippen LogP contribution in [0.5, 0.6) is 17.2 Å². The second kappa shape index (κ2) is 22.4. The summed E-state index contributed by atoms with van der Waals surface area (Å²) in [6.07, 6.45) is 14.6. The van der Waals surface area contributed by atoms with Gasteiger partial charge in [-0.15, -0.1) is 0 Å². The van der Waals surface area contributed by atoms with Crippen LogP contribution in [0.1, 0.15) is 285 Å². The van der Waals surface area contributed by atoms with Gasteiger partial charge in [-0.1, -0.05) is 200 Å². The molecule has 0 aromatic heterocycles. The molecule has 3 N–H and O–H groups in total. The maximum absolute atomic E-state index is 12.2. The van der Waals surface area contributed by atoms with E-state index in [1.165, 1.54) is 50.1 Å². The highest BCUT2D eigenvalue weighted by molar-refractivity contribution is 5.59. The number of benzene rings is 4. The first kappa shape index (κ1) is 57.9. The molecular weight excluding hydrogens is 841 g/mol. The molecule has 0 fully saturated rings. The molecule has 69 heavy (non-hydrogen) atoms. The van der Waals surface area contributed by atoms with Crippen LogP contribution in [0.4, 0.5) is 0 Å². The molecule has 0 radical (unpaired) electrons. The zero-order chi connectivity index (χ0) is 52.2. The van der Waals surface area contributed by atoms with Crippen LogP contribution >= 0.6 is 0 Å². The maximum atomic E-state index is 12.2. The lowest BCUT2D eigenvalue weighted by Crippen LogP contribution is -2.23. The van der Waals surface area contributed by atoms with Crippen molar-refractivity contribution < 1.29 is 15.3 Å². The molecule has 3 heteroatoms. The number of hydrogen-bond acceptors (Lipinski definition) is 3. The van der Waals surface area contributed by atoms with Crippen molar-refractivity contribution in [2.75, 3.05) is 0 Å². The Morgan fingerprint density at radius 3 is 0.565 bits per heavy atom. The second-order valence-corrected chi connectivity index (χ2v) is 25.8. The van der Waals surface area contributed by atoms with E-state index in [1.54, 1.807) is 0 Å². The lowest BCUT2D eigenvalue weighted by molar-refractivity contribution is 0.387. The Kier molecular flexibility index (Phi) is 18.8. The molecule has 0 unspecified atom stereocenters. The van der Waals surface area contributed by atoms with E-state index in [9.17, 15) is 15.3 Å². The average molecular weight is 944 g/mol. The predicted octanol–water partition coefficient (Wildman–Crippen LogP) is 19.0. The summed E-state index contributed by atoms with van der Waals surface area (Å²) in [5.41, 5.74) is 17.1. The first-order chi connectivity index (χ1) is 31.9. The van der Waals surface area contributed by atoms with Crippen molar-refractivity contribution >= 4 is 0 Å². The molecule has 0 aliphatic carbocycles. The van der Waals surface area contributed by atoms with Gasteiger partial charge in [0.25, 0.3) is 0 Å². The molecule has 0 amide bonds. The van der Waals surface area contributed by atoms with E-state index in [4.69, 9.17) is 0 Å². The van der Waals surface area contributed by atoms with Crippen molar-refractivity contribution in [1.82, 2.24) is 0 Å². The zero-order valence-corrected chi connectivity index (χ0v) is 48.4. The Bertz CT molecular complexity index is 1990. The number of phenolic OH excluding ortho intramolecular Hbond substituents is 3. The predicted molar refractivity (Wildman–Crippen MR) is 301 cm³/mol. The van der Waals surface area contributed by atoms with E-state index >= 15 is 0 Å². The lowest BCUT2D eigenvalue weighted by atomic mass is 9.72. The fourth-order valence-corrected chi connectivity index (χ4v) is 12.8. The van der Waals surface area contributed by atoms with Crippen LogP contribution in [0.2, 0.25) is 0 Å². The van der Waals surface area contributed by atoms with Crippen LogP contribution in [0.3, 0.4) is 0 Å². The summed E-state index contributed by atoms with van der Waals surface area (Å²) >= 11 is 0. The summed E-state index contributed by atoms with van der Waals surface area (Å²) in [4.78, 5) is 0. The third-order valence-electron chi connectivity index (χ3n) is 17.0. The molecular formula is C66H102O3. The minimum atomic E-state index is -0.184. The van der Waals surface area contributed by atoms with Crippen LogP contribution in [0.15, 0.2) is 36.4 Å². The molecule has 3 nitrogen and oxygen atoms in total. The standard InChI is InChI=1S/C66H102O3/c1-22-28-61(10,11)52-37-46(38-53(58(52)67)62(12,13)29-23-2)34-49-43(7)50(35-47-39-54(63(14,15)30-24-3)59(68)55(40-47)64(16,17)31-25-4)45(9)51(44(49)8)36-48-41-56(65(18,19)32-26-5)60(69)57(42-48)66(20,21)33-27-6/h37-42,67-69H,22-36H2,1-21H3. The summed E-state index contributed by atoms with van der Waals surface area (Å²) in [6, 6.07) is 14.0. The Balaban J connectivity index is 2.18. The highest BCUT2D eigenvalue weighted by Crippen LogP contribution is 2.48. The van der Waals surface area contributed by atoms with Crippen molar-refractivity contribution in [2.24, 2.45) is 0 Å². The van der Waals surface area contributed by atoms with E-state index in [2.05, 4.69) is 182 Å². The van der Waals surface area contributed by atoms with Gasteiger partial charge in [0.2, 0.25) is 0 Å². The number of hydrogen-bond donors (Lipinski definition) is 3. The van der Waals surface area contributed by atoms with Gasteiger partial charge in [0, 0.05) is 33.4 Å². The van der Waals surface area contributed by atoms with Crippen LogP contribution < -0.4 is 0 Å². The normalized spacial score (nSPS) is 13.2. The summed E-state index contributed by atoms with van der Waals surface area (Å²) in [7, 11) is 0. The van der Waals surface area contributed by atoms with Gasteiger partial charge >= 0.3 is 0 Å². The molecule has 0 saturated heterocycles. The molecule has 384 valence electrons. The van der Waals surface area contributed by atoms with E-state index in [0.717, 1.165) is 130 Å². The van der Waals surface area contributed by atoms with Crippen molar-refractivity contribution in [1.29, 1.82) is 0 Å².